The second-order valence-corrected chi connectivity index (χ2v) is 6.67. The van der Waals surface area contributed by atoms with Gasteiger partial charge in [0, 0.05) is 12.6 Å². The Hall–Kier alpha value is -0.910. The van der Waals surface area contributed by atoms with Crippen LogP contribution in [0.2, 0.25) is 0 Å². The highest BCUT2D eigenvalue weighted by atomic mass is 16.5. The van der Waals surface area contributed by atoms with Gasteiger partial charge in [0.1, 0.15) is 0 Å². The van der Waals surface area contributed by atoms with Crippen LogP contribution in [-0.4, -0.2) is 24.3 Å². The molecule has 24 heavy (non-hydrogen) atoms. The van der Waals surface area contributed by atoms with E-state index >= 15 is 0 Å². The first-order valence-electron chi connectivity index (χ1n) is 9.60. The van der Waals surface area contributed by atoms with Crippen LogP contribution in [0.1, 0.15) is 90.9 Å². The van der Waals surface area contributed by atoms with Crippen LogP contribution in [0.5, 0.6) is 0 Å². The standard InChI is InChI=1S/C19H38N2O3/c1-18(2)17-19(22)24-16-14-12-10-8-6-4-3-5-7-9-11-13-15-20-21-23/h17,20-21,23H,3-16H2,1-2H3. The van der Waals surface area contributed by atoms with Crippen LogP contribution in [0, 0.1) is 0 Å². The van der Waals surface area contributed by atoms with E-state index in [1.54, 1.807) is 6.08 Å². The number of nitrogens with one attached hydrogen (secondary N) is 2. The van der Waals surface area contributed by atoms with E-state index in [0.29, 0.717) is 6.61 Å². The number of allylic oxidation sites excluding steroid dienone is 1. The Kier molecular flexibility index (Phi) is 17.7. The first kappa shape index (κ1) is 23.1. The number of carbonyl (C=O) groups is 1. The van der Waals surface area contributed by atoms with Gasteiger partial charge in [0.25, 0.3) is 0 Å². The number of ether oxygens (including phenoxy) is 1. The zero-order valence-corrected chi connectivity index (χ0v) is 15.7. The molecule has 0 amide bonds. The van der Waals surface area contributed by atoms with E-state index in [1.807, 2.05) is 19.4 Å². The highest BCUT2D eigenvalue weighted by Gasteiger charge is 1.98. The third-order valence-electron chi connectivity index (χ3n) is 3.93. The van der Waals surface area contributed by atoms with Gasteiger partial charge in [0.2, 0.25) is 0 Å². The summed E-state index contributed by atoms with van der Waals surface area (Å²) in [5.74, 6) is -0.212. The Morgan fingerprint density at radius 1 is 0.833 bits per heavy atom. The summed E-state index contributed by atoms with van der Waals surface area (Å²) >= 11 is 0. The molecule has 0 saturated carbocycles. The highest BCUT2D eigenvalue weighted by Crippen LogP contribution is 2.12. The Bertz CT molecular complexity index is 316. The summed E-state index contributed by atoms with van der Waals surface area (Å²) in [6.07, 6.45) is 16.5. The van der Waals surface area contributed by atoms with Crippen molar-refractivity contribution in [1.82, 2.24) is 11.0 Å². The fourth-order valence-corrected chi connectivity index (χ4v) is 2.59. The average molecular weight is 343 g/mol. The number of hydrogen-bond donors (Lipinski definition) is 3. The molecule has 0 saturated heterocycles. The first-order valence-corrected chi connectivity index (χ1v) is 9.60. The number of unbranched alkanes of at least 4 members (excludes halogenated alkanes) is 11. The minimum atomic E-state index is -0.212. The van der Waals surface area contributed by atoms with Crippen LogP contribution < -0.4 is 11.0 Å². The third-order valence-corrected chi connectivity index (χ3v) is 3.93. The van der Waals surface area contributed by atoms with Gasteiger partial charge in [-0.2, -0.15) is 0 Å². The van der Waals surface area contributed by atoms with Gasteiger partial charge in [-0.15, -0.1) is 5.59 Å². The maximum Gasteiger partial charge on any atom is 0.330 e. The topological polar surface area (TPSA) is 70.6 Å². The van der Waals surface area contributed by atoms with Crippen molar-refractivity contribution in [3.05, 3.63) is 11.6 Å². The summed E-state index contributed by atoms with van der Waals surface area (Å²) in [6.45, 7) is 5.17. The summed E-state index contributed by atoms with van der Waals surface area (Å²) in [5, 5.41) is 8.34. The zero-order valence-electron chi connectivity index (χ0n) is 15.7. The molecule has 0 fully saturated rings. The number of hydrazine groups is 1. The third kappa shape index (κ3) is 19.1. The van der Waals surface area contributed by atoms with Crippen LogP contribution in [0.25, 0.3) is 0 Å². The molecule has 0 unspecified atom stereocenters. The lowest BCUT2D eigenvalue weighted by Gasteiger charge is -2.04. The maximum atomic E-state index is 11.3. The van der Waals surface area contributed by atoms with Crippen molar-refractivity contribution < 1.29 is 14.7 Å². The molecule has 142 valence electrons. The van der Waals surface area contributed by atoms with Crippen LogP contribution in [-0.2, 0) is 9.53 Å². The van der Waals surface area contributed by atoms with Gasteiger partial charge in [-0.1, -0.05) is 69.8 Å². The number of carbonyl (C=O) groups excluding carboxylic acids is 1. The first-order chi connectivity index (χ1) is 11.7. The molecule has 0 aromatic heterocycles. The molecule has 0 aliphatic carbocycles. The van der Waals surface area contributed by atoms with E-state index in [2.05, 4.69) is 5.43 Å². The van der Waals surface area contributed by atoms with Gasteiger partial charge in [-0.25, -0.2) is 10.2 Å². The van der Waals surface area contributed by atoms with Crippen LogP contribution in [0.4, 0.5) is 0 Å². The van der Waals surface area contributed by atoms with Crippen LogP contribution >= 0.6 is 0 Å². The second kappa shape index (κ2) is 18.4. The highest BCUT2D eigenvalue weighted by molar-refractivity contribution is 5.82. The molecule has 3 N–H and O–H groups in total. The van der Waals surface area contributed by atoms with E-state index in [0.717, 1.165) is 31.4 Å². The lowest BCUT2D eigenvalue weighted by Crippen LogP contribution is -2.28. The molecular formula is C19H38N2O3. The van der Waals surface area contributed by atoms with Crippen molar-refractivity contribution in [3.8, 4) is 0 Å². The number of rotatable bonds is 17. The van der Waals surface area contributed by atoms with E-state index in [9.17, 15) is 4.79 Å². The average Bonchev–Trinajstić information content (AvgIpc) is 2.53. The summed E-state index contributed by atoms with van der Waals surface area (Å²) in [7, 11) is 0. The Morgan fingerprint density at radius 3 is 1.75 bits per heavy atom. The molecule has 0 bridgehead atoms. The van der Waals surface area contributed by atoms with E-state index in [1.165, 1.54) is 57.8 Å². The fourth-order valence-electron chi connectivity index (χ4n) is 2.59. The lowest BCUT2D eigenvalue weighted by atomic mass is 10.1. The smallest absolute Gasteiger partial charge is 0.330 e. The predicted molar refractivity (Wildman–Crippen MR) is 98.7 cm³/mol. The molecular weight excluding hydrogens is 304 g/mol. The monoisotopic (exact) mass is 342 g/mol. The molecule has 0 aromatic rings. The molecule has 0 aliphatic heterocycles. The number of hydrogen-bond acceptors (Lipinski definition) is 5. The van der Waals surface area contributed by atoms with Crippen molar-refractivity contribution in [2.24, 2.45) is 0 Å². The van der Waals surface area contributed by atoms with Crippen molar-refractivity contribution in [2.75, 3.05) is 13.2 Å². The fraction of sp³-hybridized carbons (Fsp3) is 0.842. The molecule has 0 atom stereocenters. The van der Waals surface area contributed by atoms with Gasteiger partial charge in [0.15, 0.2) is 0 Å². The van der Waals surface area contributed by atoms with Gasteiger partial charge < -0.3 is 9.94 Å². The van der Waals surface area contributed by atoms with Crippen molar-refractivity contribution in [2.45, 2.75) is 90.9 Å². The second-order valence-electron chi connectivity index (χ2n) is 6.67. The quantitative estimate of drug-likeness (QED) is 0.155. The van der Waals surface area contributed by atoms with Crippen molar-refractivity contribution in [1.29, 1.82) is 0 Å². The Labute approximate surface area is 148 Å². The molecule has 5 nitrogen and oxygen atoms in total. The Morgan fingerprint density at radius 2 is 1.29 bits per heavy atom. The minimum absolute atomic E-state index is 0.212. The van der Waals surface area contributed by atoms with Gasteiger partial charge in [-0.3, -0.25) is 0 Å². The van der Waals surface area contributed by atoms with E-state index in [4.69, 9.17) is 9.94 Å². The summed E-state index contributed by atoms with van der Waals surface area (Å²) in [4.78, 5) is 11.3. The normalized spacial score (nSPS) is 10.6. The molecule has 0 aliphatic rings. The van der Waals surface area contributed by atoms with Crippen LogP contribution in [0.3, 0.4) is 0 Å². The zero-order chi connectivity index (χ0) is 17.9. The molecule has 0 rings (SSSR count). The molecule has 0 heterocycles. The van der Waals surface area contributed by atoms with Gasteiger partial charge in [-0.05, 0) is 26.7 Å². The summed E-state index contributed by atoms with van der Waals surface area (Å²) in [5.41, 5.74) is 5.62. The number of esters is 1. The summed E-state index contributed by atoms with van der Waals surface area (Å²) in [6, 6.07) is 0. The molecule has 5 heteroatoms. The minimum Gasteiger partial charge on any atom is -0.463 e. The SMILES string of the molecule is CC(C)=CC(=O)OCCCCCCCCCCCCCCNNO. The van der Waals surface area contributed by atoms with Crippen molar-refractivity contribution >= 4 is 5.97 Å². The molecule has 0 aromatic carbocycles. The van der Waals surface area contributed by atoms with Crippen molar-refractivity contribution in [3.63, 3.8) is 0 Å². The molecule has 0 radical (unpaired) electrons. The van der Waals surface area contributed by atoms with Gasteiger partial charge in [0.05, 0.1) is 6.61 Å². The predicted octanol–water partition coefficient (Wildman–Crippen LogP) is 4.66. The Balaban J connectivity index is 3.10. The maximum absolute atomic E-state index is 11.3. The van der Waals surface area contributed by atoms with E-state index in [-0.39, 0.29) is 5.97 Å². The largest absolute Gasteiger partial charge is 0.463 e. The van der Waals surface area contributed by atoms with E-state index < -0.39 is 0 Å². The molecule has 0 spiro atoms. The van der Waals surface area contributed by atoms with Gasteiger partial charge >= 0.3 is 5.97 Å². The summed E-state index contributed by atoms with van der Waals surface area (Å²) < 4.78 is 5.13. The van der Waals surface area contributed by atoms with Crippen LogP contribution in [0.15, 0.2) is 11.6 Å². The lowest BCUT2D eigenvalue weighted by molar-refractivity contribution is -0.137.